The number of aliphatic hydroxyl groups is 1. The molecule has 1 unspecified atom stereocenters. The first-order valence-electron chi connectivity index (χ1n) is 6.38. The van der Waals surface area contributed by atoms with Gasteiger partial charge in [-0.15, -0.1) is 11.3 Å². The lowest BCUT2D eigenvalue weighted by Crippen LogP contribution is -2.25. The van der Waals surface area contributed by atoms with Gasteiger partial charge in [0.05, 0.1) is 6.10 Å². The molecule has 0 saturated carbocycles. The standard InChI is InChI=1S/C14H16ClNO3S2/c1-10-5-6-14(20-10)21(18,19)16-8-7-13(17)11-3-2-4-12(15)9-11/h2-6,9,13,16-17H,7-8H2,1H3. The molecule has 2 aromatic rings. The highest BCUT2D eigenvalue weighted by molar-refractivity contribution is 7.91. The van der Waals surface area contributed by atoms with Crippen LogP contribution in [-0.4, -0.2) is 20.1 Å². The molecule has 1 aromatic heterocycles. The molecule has 0 aliphatic rings. The smallest absolute Gasteiger partial charge is 0.250 e. The van der Waals surface area contributed by atoms with E-state index in [1.165, 1.54) is 11.3 Å². The molecule has 0 aliphatic heterocycles. The first kappa shape index (κ1) is 16.5. The number of sulfonamides is 1. The Balaban J connectivity index is 1.92. The number of thiophene rings is 1. The van der Waals surface area contributed by atoms with E-state index in [1.54, 1.807) is 36.4 Å². The van der Waals surface area contributed by atoms with Gasteiger partial charge in [0.1, 0.15) is 4.21 Å². The molecule has 114 valence electrons. The second-order valence-electron chi connectivity index (χ2n) is 4.62. The van der Waals surface area contributed by atoms with Crippen molar-refractivity contribution in [2.24, 2.45) is 0 Å². The van der Waals surface area contributed by atoms with Crippen molar-refractivity contribution < 1.29 is 13.5 Å². The van der Waals surface area contributed by atoms with Crippen molar-refractivity contribution >= 4 is 33.0 Å². The van der Waals surface area contributed by atoms with Gasteiger partial charge in [-0.2, -0.15) is 0 Å². The van der Waals surface area contributed by atoms with Crippen molar-refractivity contribution in [1.29, 1.82) is 0 Å². The molecule has 21 heavy (non-hydrogen) atoms. The molecule has 7 heteroatoms. The number of halogens is 1. The molecular weight excluding hydrogens is 330 g/mol. The maximum Gasteiger partial charge on any atom is 0.250 e. The van der Waals surface area contributed by atoms with Gasteiger partial charge in [0.2, 0.25) is 10.0 Å². The van der Waals surface area contributed by atoms with Gasteiger partial charge in [-0.25, -0.2) is 13.1 Å². The first-order valence-corrected chi connectivity index (χ1v) is 9.06. The molecule has 0 bridgehead atoms. The van der Waals surface area contributed by atoms with Crippen LogP contribution in [0.25, 0.3) is 0 Å². The van der Waals surface area contributed by atoms with Crippen molar-refractivity contribution in [3.8, 4) is 0 Å². The average molecular weight is 346 g/mol. The van der Waals surface area contributed by atoms with Crippen molar-refractivity contribution in [2.75, 3.05) is 6.54 Å². The SMILES string of the molecule is Cc1ccc(S(=O)(=O)NCCC(O)c2cccc(Cl)c2)s1. The summed E-state index contributed by atoms with van der Waals surface area (Å²) in [4.78, 5) is 0.939. The summed E-state index contributed by atoms with van der Waals surface area (Å²) in [6, 6.07) is 10.2. The van der Waals surface area contributed by atoms with Crippen molar-refractivity contribution in [2.45, 2.75) is 23.7 Å². The summed E-state index contributed by atoms with van der Waals surface area (Å²) in [5.41, 5.74) is 0.675. The summed E-state index contributed by atoms with van der Waals surface area (Å²) in [6.07, 6.45) is -0.472. The molecule has 1 heterocycles. The van der Waals surface area contributed by atoms with Crippen molar-refractivity contribution in [3.63, 3.8) is 0 Å². The Bertz CT molecular complexity index is 713. The fourth-order valence-corrected chi connectivity index (χ4v) is 4.41. The van der Waals surface area contributed by atoms with Crippen LogP contribution in [0.15, 0.2) is 40.6 Å². The molecule has 4 nitrogen and oxygen atoms in total. The highest BCUT2D eigenvalue weighted by Crippen LogP contribution is 2.22. The first-order chi connectivity index (χ1) is 9.88. The fourth-order valence-electron chi connectivity index (χ4n) is 1.84. The molecule has 0 spiro atoms. The third kappa shape index (κ3) is 4.52. The molecule has 0 fully saturated rings. The van der Waals surface area contributed by atoms with E-state index in [0.29, 0.717) is 10.6 Å². The maximum atomic E-state index is 12.0. The monoisotopic (exact) mass is 345 g/mol. The number of nitrogens with one attached hydrogen (secondary N) is 1. The van der Waals surface area contributed by atoms with Crippen LogP contribution in [0.2, 0.25) is 5.02 Å². The lowest BCUT2D eigenvalue weighted by atomic mass is 10.1. The lowest BCUT2D eigenvalue weighted by molar-refractivity contribution is 0.169. The van der Waals surface area contributed by atoms with E-state index < -0.39 is 16.1 Å². The normalized spacial score (nSPS) is 13.3. The predicted molar refractivity (Wildman–Crippen MR) is 85.3 cm³/mol. The van der Waals surface area contributed by atoms with E-state index in [-0.39, 0.29) is 17.2 Å². The minimum absolute atomic E-state index is 0.160. The quantitative estimate of drug-likeness (QED) is 0.845. The Hall–Kier alpha value is -0.920. The average Bonchev–Trinajstić information content (AvgIpc) is 2.86. The zero-order valence-electron chi connectivity index (χ0n) is 11.4. The summed E-state index contributed by atoms with van der Waals surface area (Å²) in [5, 5.41) is 10.6. The van der Waals surface area contributed by atoms with Crippen molar-refractivity contribution in [1.82, 2.24) is 4.72 Å². The Morgan fingerprint density at radius 2 is 2.10 bits per heavy atom. The van der Waals surface area contributed by atoms with E-state index in [0.717, 1.165) is 4.88 Å². The Kier molecular flexibility index (Phi) is 5.40. The highest BCUT2D eigenvalue weighted by Gasteiger charge is 2.16. The number of aryl methyl sites for hydroxylation is 1. The number of hydrogen-bond acceptors (Lipinski definition) is 4. The van der Waals surface area contributed by atoms with Crippen LogP contribution in [0.1, 0.15) is 23.0 Å². The van der Waals surface area contributed by atoms with Gasteiger partial charge >= 0.3 is 0 Å². The lowest BCUT2D eigenvalue weighted by Gasteiger charge is -2.11. The van der Waals surface area contributed by atoms with Gasteiger partial charge in [0.15, 0.2) is 0 Å². The molecule has 0 radical (unpaired) electrons. The summed E-state index contributed by atoms with van der Waals surface area (Å²) >= 11 is 7.08. The van der Waals surface area contributed by atoms with Crippen LogP contribution < -0.4 is 4.72 Å². The molecule has 1 atom stereocenters. The van der Waals surface area contributed by atoms with Crippen LogP contribution in [0.3, 0.4) is 0 Å². The predicted octanol–water partition coefficient (Wildman–Crippen LogP) is 3.11. The van der Waals surface area contributed by atoms with Gasteiger partial charge in [-0.3, -0.25) is 0 Å². The molecule has 1 aromatic carbocycles. The summed E-state index contributed by atoms with van der Waals surface area (Å²) in [5.74, 6) is 0. The molecule has 2 N–H and O–H groups in total. The zero-order chi connectivity index (χ0) is 15.5. The second-order valence-corrected chi connectivity index (χ2v) is 8.34. The third-order valence-electron chi connectivity index (χ3n) is 2.92. The van der Waals surface area contributed by atoms with E-state index in [9.17, 15) is 13.5 Å². The fraction of sp³-hybridized carbons (Fsp3) is 0.286. The van der Waals surface area contributed by atoms with Crippen LogP contribution in [0.5, 0.6) is 0 Å². The summed E-state index contributed by atoms with van der Waals surface area (Å²) < 4.78 is 26.8. The Morgan fingerprint density at radius 1 is 1.33 bits per heavy atom. The van der Waals surface area contributed by atoms with Gasteiger partial charge in [-0.1, -0.05) is 23.7 Å². The summed E-state index contributed by atoms with van der Waals surface area (Å²) in [6.45, 7) is 2.01. The second kappa shape index (κ2) is 6.89. The van der Waals surface area contributed by atoms with Crippen LogP contribution in [0.4, 0.5) is 0 Å². The maximum absolute atomic E-state index is 12.0. The molecule has 0 aliphatic carbocycles. The van der Waals surface area contributed by atoms with E-state index >= 15 is 0 Å². The number of aliphatic hydroxyl groups excluding tert-OH is 1. The van der Waals surface area contributed by atoms with Crippen LogP contribution in [-0.2, 0) is 10.0 Å². The van der Waals surface area contributed by atoms with E-state index in [4.69, 9.17) is 11.6 Å². The van der Waals surface area contributed by atoms with Crippen LogP contribution in [0, 0.1) is 6.92 Å². The third-order valence-corrected chi connectivity index (χ3v) is 6.11. The van der Waals surface area contributed by atoms with Gasteiger partial charge in [0, 0.05) is 16.4 Å². The Labute approximate surface area is 133 Å². The largest absolute Gasteiger partial charge is 0.388 e. The molecule has 0 saturated heterocycles. The van der Waals surface area contributed by atoms with Gasteiger partial charge < -0.3 is 5.11 Å². The van der Waals surface area contributed by atoms with E-state index in [2.05, 4.69) is 4.72 Å². The van der Waals surface area contributed by atoms with Gasteiger partial charge in [-0.05, 0) is 43.2 Å². The number of rotatable bonds is 6. The minimum Gasteiger partial charge on any atom is -0.388 e. The highest BCUT2D eigenvalue weighted by atomic mass is 35.5. The van der Waals surface area contributed by atoms with Crippen molar-refractivity contribution in [3.05, 3.63) is 51.9 Å². The molecule has 2 rings (SSSR count). The summed E-state index contributed by atoms with van der Waals surface area (Å²) in [7, 11) is -3.49. The number of hydrogen-bond donors (Lipinski definition) is 2. The molecular formula is C14H16ClNO3S2. The topological polar surface area (TPSA) is 66.4 Å². The Morgan fingerprint density at radius 3 is 2.71 bits per heavy atom. The van der Waals surface area contributed by atoms with Gasteiger partial charge in [0.25, 0.3) is 0 Å². The molecule has 0 amide bonds. The van der Waals surface area contributed by atoms with E-state index in [1.807, 2.05) is 6.92 Å². The minimum atomic E-state index is -3.49. The zero-order valence-corrected chi connectivity index (χ0v) is 13.8. The number of benzene rings is 1. The van der Waals surface area contributed by atoms with Crippen LogP contribution >= 0.6 is 22.9 Å².